The zero-order chi connectivity index (χ0) is 16.2. The highest BCUT2D eigenvalue weighted by Crippen LogP contribution is 2.25. The Hall–Kier alpha value is -2.59. The van der Waals surface area contributed by atoms with Gasteiger partial charge in [0.15, 0.2) is 5.96 Å². The number of rotatable bonds is 3. The Morgan fingerprint density at radius 2 is 1.83 bits per heavy atom. The third-order valence-corrected chi connectivity index (χ3v) is 3.71. The quantitative estimate of drug-likeness (QED) is 0.518. The van der Waals surface area contributed by atoms with Crippen LogP contribution in [0.25, 0.3) is 10.8 Å². The summed E-state index contributed by atoms with van der Waals surface area (Å²) in [5.41, 5.74) is 8.08. The van der Waals surface area contributed by atoms with Gasteiger partial charge < -0.3 is 11.1 Å². The molecule has 0 aliphatic carbocycles. The van der Waals surface area contributed by atoms with E-state index in [4.69, 9.17) is 5.73 Å². The molecular formula is C19H19ClFN3. The van der Waals surface area contributed by atoms with Gasteiger partial charge in [-0.05, 0) is 35.6 Å². The van der Waals surface area contributed by atoms with Crippen LogP contribution in [-0.4, -0.2) is 5.96 Å². The normalized spacial score (nSPS) is 11.2. The average molecular weight is 344 g/mol. The van der Waals surface area contributed by atoms with Crippen LogP contribution in [0.15, 0.2) is 65.7 Å². The number of nitrogens with two attached hydrogens (primary N) is 1. The van der Waals surface area contributed by atoms with E-state index in [1.54, 1.807) is 12.1 Å². The molecule has 0 saturated carbocycles. The Morgan fingerprint density at radius 1 is 1.08 bits per heavy atom. The summed E-state index contributed by atoms with van der Waals surface area (Å²) in [6, 6.07) is 18.7. The first-order valence-corrected chi connectivity index (χ1v) is 7.54. The van der Waals surface area contributed by atoms with E-state index < -0.39 is 0 Å². The lowest BCUT2D eigenvalue weighted by atomic mass is 10.1. The van der Waals surface area contributed by atoms with Crippen LogP contribution >= 0.6 is 12.4 Å². The lowest BCUT2D eigenvalue weighted by Crippen LogP contribution is -2.22. The second-order valence-corrected chi connectivity index (χ2v) is 5.29. The maximum absolute atomic E-state index is 13.9. The van der Waals surface area contributed by atoms with Gasteiger partial charge in [-0.15, -0.1) is 12.4 Å². The fourth-order valence-corrected chi connectivity index (χ4v) is 2.49. The number of halogens is 2. The van der Waals surface area contributed by atoms with Crippen LogP contribution in [0.1, 0.15) is 12.5 Å². The van der Waals surface area contributed by atoms with Crippen molar-refractivity contribution >= 4 is 40.5 Å². The van der Waals surface area contributed by atoms with Crippen molar-refractivity contribution in [1.29, 1.82) is 0 Å². The summed E-state index contributed by atoms with van der Waals surface area (Å²) in [6.07, 6.45) is 0.829. The SMILES string of the molecule is CCc1ccc(F)c(NC(N)=Nc2cccc3ccccc23)c1.Cl. The molecule has 0 aliphatic rings. The number of anilines is 1. The molecular weight excluding hydrogens is 325 g/mol. The number of nitrogens with zero attached hydrogens (tertiary/aromatic N) is 1. The zero-order valence-electron chi connectivity index (χ0n) is 13.3. The van der Waals surface area contributed by atoms with Gasteiger partial charge in [0.25, 0.3) is 0 Å². The van der Waals surface area contributed by atoms with E-state index >= 15 is 0 Å². The number of hydrogen-bond acceptors (Lipinski definition) is 1. The van der Waals surface area contributed by atoms with Gasteiger partial charge in [0.2, 0.25) is 0 Å². The van der Waals surface area contributed by atoms with Crippen molar-refractivity contribution in [2.24, 2.45) is 10.7 Å². The highest BCUT2D eigenvalue weighted by atomic mass is 35.5. The Morgan fingerprint density at radius 3 is 2.62 bits per heavy atom. The molecule has 3 aromatic rings. The van der Waals surface area contributed by atoms with Gasteiger partial charge in [-0.1, -0.05) is 49.4 Å². The Balaban J connectivity index is 0.00000208. The van der Waals surface area contributed by atoms with Gasteiger partial charge in [-0.2, -0.15) is 0 Å². The standard InChI is InChI=1S/C19H18FN3.ClH/c1-2-13-10-11-16(20)18(12-13)23-19(21)22-17-9-5-7-14-6-3-4-8-15(14)17;/h3-12H,2H2,1H3,(H3,21,22,23);1H. The highest BCUT2D eigenvalue weighted by Gasteiger charge is 2.05. The number of nitrogens with one attached hydrogen (secondary N) is 1. The molecule has 124 valence electrons. The summed E-state index contributed by atoms with van der Waals surface area (Å²) in [4.78, 5) is 4.40. The van der Waals surface area contributed by atoms with Gasteiger partial charge in [-0.3, -0.25) is 0 Å². The molecule has 24 heavy (non-hydrogen) atoms. The minimum atomic E-state index is -0.349. The monoisotopic (exact) mass is 343 g/mol. The van der Waals surface area contributed by atoms with Crippen molar-refractivity contribution in [3.05, 3.63) is 72.0 Å². The molecule has 0 heterocycles. The van der Waals surface area contributed by atoms with Crippen LogP contribution in [0.5, 0.6) is 0 Å². The van der Waals surface area contributed by atoms with Crippen LogP contribution < -0.4 is 11.1 Å². The summed E-state index contributed by atoms with van der Waals surface area (Å²) in [6.45, 7) is 2.02. The van der Waals surface area contributed by atoms with Crippen LogP contribution in [0.3, 0.4) is 0 Å². The van der Waals surface area contributed by atoms with Crippen LogP contribution in [-0.2, 0) is 6.42 Å². The van der Waals surface area contributed by atoms with Crippen molar-refractivity contribution in [2.75, 3.05) is 5.32 Å². The van der Waals surface area contributed by atoms with E-state index in [-0.39, 0.29) is 24.2 Å². The molecule has 5 heteroatoms. The minimum absolute atomic E-state index is 0. The van der Waals surface area contributed by atoms with E-state index in [9.17, 15) is 4.39 Å². The van der Waals surface area contributed by atoms with E-state index in [0.717, 1.165) is 28.4 Å². The Kier molecular flexibility index (Phi) is 5.77. The van der Waals surface area contributed by atoms with Crippen molar-refractivity contribution in [3.8, 4) is 0 Å². The molecule has 3 aromatic carbocycles. The summed E-state index contributed by atoms with van der Waals surface area (Å²) >= 11 is 0. The first kappa shape index (κ1) is 17.8. The predicted molar refractivity (Wildman–Crippen MR) is 102 cm³/mol. The molecule has 0 amide bonds. The third kappa shape index (κ3) is 3.84. The molecule has 0 aliphatic heterocycles. The zero-order valence-corrected chi connectivity index (χ0v) is 14.1. The van der Waals surface area contributed by atoms with E-state index in [1.807, 2.05) is 49.4 Å². The lowest BCUT2D eigenvalue weighted by Gasteiger charge is -2.09. The second-order valence-electron chi connectivity index (χ2n) is 5.29. The van der Waals surface area contributed by atoms with Gasteiger partial charge >= 0.3 is 0 Å². The minimum Gasteiger partial charge on any atom is -0.369 e. The topological polar surface area (TPSA) is 50.4 Å². The summed E-state index contributed by atoms with van der Waals surface area (Å²) in [5, 5.41) is 4.94. The summed E-state index contributed by atoms with van der Waals surface area (Å²) in [7, 11) is 0. The van der Waals surface area contributed by atoms with E-state index in [1.165, 1.54) is 6.07 Å². The number of hydrogen-bond donors (Lipinski definition) is 2. The Labute approximate surface area is 146 Å². The second kappa shape index (κ2) is 7.79. The van der Waals surface area contributed by atoms with Crippen molar-refractivity contribution < 1.29 is 4.39 Å². The van der Waals surface area contributed by atoms with Gasteiger partial charge in [0.1, 0.15) is 5.82 Å². The first-order valence-electron chi connectivity index (χ1n) is 7.54. The van der Waals surface area contributed by atoms with Crippen molar-refractivity contribution in [2.45, 2.75) is 13.3 Å². The van der Waals surface area contributed by atoms with Gasteiger partial charge in [0, 0.05) is 5.39 Å². The smallest absolute Gasteiger partial charge is 0.198 e. The summed E-state index contributed by atoms with van der Waals surface area (Å²) in [5.74, 6) is -0.188. The molecule has 3 nitrogen and oxygen atoms in total. The molecule has 0 spiro atoms. The molecule has 3 N–H and O–H groups in total. The maximum atomic E-state index is 13.9. The highest BCUT2D eigenvalue weighted by molar-refractivity contribution is 5.99. The number of guanidine groups is 1. The molecule has 0 bridgehead atoms. The number of fused-ring (bicyclic) bond motifs is 1. The van der Waals surface area contributed by atoms with Crippen LogP contribution in [0, 0.1) is 5.82 Å². The number of aliphatic imine (C=N–C) groups is 1. The molecule has 3 rings (SSSR count). The molecule has 0 fully saturated rings. The Bertz CT molecular complexity index is 872. The average Bonchev–Trinajstić information content (AvgIpc) is 2.57. The number of aryl methyl sites for hydroxylation is 1. The van der Waals surface area contributed by atoms with Crippen molar-refractivity contribution in [3.63, 3.8) is 0 Å². The predicted octanol–water partition coefficient (Wildman–Crippen LogP) is 5.02. The van der Waals surface area contributed by atoms with Crippen LogP contribution in [0.4, 0.5) is 15.8 Å². The maximum Gasteiger partial charge on any atom is 0.198 e. The van der Waals surface area contributed by atoms with Gasteiger partial charge in [0.05, 0.1) is 11.4 Å². The van der Waals surface area contributed by atoms with E-state index in [2.05, 4.69) is 10.3 Å². The molecule has 0 radical (unpaired) electrons. The first-order chi connectivity index (χ1) is 11.2. The largest absolute Gasteiger partial charge is 0.369 e. The fourth-order valence-electron chi connectivity index (χ4n) is 2.49. The van der Waals surface area contributed by atoms with Crippen molar-refractivity contribution in [1.82, 2.24) is 0 Å². The van der Waals surface area contributed by atoms with E-state index in [0.29, 0.717) is 5.69 Å². The summed E-state index contributed by atoms with van der Waals surface area (Å²) < 4.78 is 13.9. The molecule has 0 aromatic heterocycles. The van der Waals surface area contributed by atoms with Crippen LogP contribution in [0.2, 0.25) is 0 Å². The number of benzene rings is 3. The lowest BCUT2D eigenvalue weighted by molar-refractivity contribution is 0.631. The fraction of sp³-hybridized carbons (Fsp3) is 0.105. The molecule has 0 atom stereocenters. The molecule has 0 saturated heterocycles. The third-order valence-electron chi connectivity index (χ3n) is 3.71. The van der Waals surface area contributed by atoms with Gasteiger partial charge in [-0.25, -0.2) is 9.38 Å². The molecule has 0 unspecified atom stereocenters.